The molecule has 1 heterocycles. The summed E-state index contributed by atoms with van der Waals surface area (Å²) in [6, 6.07) is 0. The molecule has 0 bridgehead atoms. The zero-order chi connectivity index (χ0) is 12.9. The fourth-order valence-corrected chi connectivity index (χ4v) is 1.99. The van der Waals surface area contributed by atoms with Crippen LogP contribution in [0.2, 0.25) is 0 Å². The molecule has 1 aliphatic rings. The Morgan fingerprint density at radius 3 is 2.82 bits per heavy atom. The molecule has 0 aromatic carbocycles. The van der Waals surface area contributed by atoms with Crippen LogP contribution in [0.3, 0.4) is 0 Å². The lowest BCUT2D eigenvalue weighted by Gasteiger charge is -2.30. The van der Waals surface area contributed by atoms with Crippen LogP contribution < -0.4 is 5.73 Å². The van der Waals surface area contributed by atoms with Gasteiger partial charge < -0.3 is 20.6 Å². The molecule has 0 radical (unpaired) electrons. The highest BCUT2D eigenvalue weighted by molar-refractivity contribution is 5.86. The maximum absolute atomic E-state index is 12.3. The van der Waals surface area contributed by atoms with Gasteiger partial charge in [0.25, 0.3) is 5.91 Å². The number of oxime groups is 1. The Morgan fingerprint density at radius 1 is 1.65 bits per heavy atom. The van der Waals surface area contributed by atoms with E-state index in [4.69, 9.17) is 15.7 Å². The summed E-state index contributed by atoms with van der Waals surface area (Å²) >= 11 is 0. The summed E-state index contributed by atoms with van der Waals surface area (Å²) in [5.74, 6) is 0.122. The maximum atomic E-state index is 12.3. The van der Waals surface area contributed by atoms with Crippen molar-refractivity contribution in [3.63, 3.8) is 0 Å². The van der Waals surface area contributed by atoms with Crippen LogP contribution in [0, 0.1) is 0 Å². The molecule has 17 heavy (non-hydrogen) atoms. The first-order chi connectivity index (χ1) is 8.03. The van der Waals surface area contributed by atoms with Crippen molar-refractivity contribution in [1.82, 2.24) is 4.90 Å². The summed E-state index contributed by atoms with van der Waals surface area (Å²) < 4.78 is 5.52. The van der Waals surface area contributed by atoms with E-state index in [0.717, 1.165) is 12.8 Å². The largest absolute Gasteiger partial charge is 0.409 e. The smallest absolute Gasteiger partial charge is 0.254 e. The minimum absolute atomic E-state index is 0.0109. The minimum Gasteiger partial charge on any atom is -0.409 e. The van der Waals surface area contributed by atoms with Crippen LogP contribution >= 0.6 is 0 Å². The van der Waals surface area contributed by atoms with E-state index in [-0.39, 0.29) is 11.7 Å². The van der Waals surface area contributed by atoms with Crippen molar-refractivity contribution in [2.24, 2.45) is 10.9 Å². The number of amides is 1. The highest BCUT2D eigenvalue weighted by Gasteiger charge is 2.40. The number of likely N-dealkylation sites (N-methyl/N-ethyl adjacent to an activating group) is 1. The number of amidine groups is 1. The van der Waals surface area contributed by atoms with Gasteiger partial charge in [0.2, 0.25) is 0 Å². The average molecular weight is 243 g/mol. The molecular weight excluding hydrogens is 222 g/mol. The number of rotatable bonds is 5. The monoisotopic (exact) mass is 243 g/mol. The second kappa shape index (κ2) is 5.86. The summed E-state index contributed by atoms with van der Waals surface area (Å²) in [6.45, 7) is 5.41. The van der Waals surface area contributed by atoms with Gasteiger partial charge in [-0.15, -0.1) is 0 Å². The quantitative estimate of drug-likeness (QED) is 0.319. The van der Waals surface area contributed by atoms with E-state index in [1.165, 1.54) is 0 Å². The normalized spacial score (nSPS) is 24.9. The Labute approximate surface area is 101 Å². The summed E-state index contributed by atoms with van der Waals surface area (Å²) in [7, 11) is 0. The lowest BCUT2D eigenvalue weighted by molar-refractivity contribution is -0.150. The SMILES string of the molecule is CCN(CCC(N)=NO)C(=O)C1(C)CCCO1. The van der Waals surface area contributed by atoms with E-state index in [0.29, 0.717) is 26.1 Å². The number of ether oxygens (including phenoxy) is 1. The molecule has 0 aromatic rings. The third-order valence-corrected chi connectivity index (χ3v) is 3.11. The third-order valence-electron chi connectivity index (χ3n) is 3.11. The third kappa shape index (κ3) is 3.33. The van der Waals surface area contributed by atoms with Crippen LogP contribution in [0.5, 0.6) is 0 Å². The number of nitrogens with zero attached hydrogens (tertiary/aromatic N) is 2. The van der Waals surface area contributed by atoms with Gasteiger partial charge in [0.15, 0.2) is 0 Å². The fraction of sp³-hybridized carbons (Fsp3) is 0.818. The van der Waals surface area contributed by atoms with Gasteiger partial charge in [0.1, 0.15) is 11.4 Å². The Bertz CT molecular complexity index is 298. The van der Waals surface area contributed by atoms with E-state index in [1.807, 2.05) is 13.8 Å². The molecule has 0 aliphatic carbocycles. The molecular formula is C11H21N3O3. The first kappa shape index (κ1) is 13.8. The van der Waals surface area contributed by atoms with Crippen molar-refractivity contribution in [2.75, 3.05) is 19.7 Å². The predicted octanol–water partition coefficient (Wildman–Crippen LogP) is 0.540. The van der Waals surface area contributed by atoms with Gasteiger partial charge >= 0.3 is 0 Å². The van der Waals surface area contributed by atoms with Gasteiger partial charge in [-0.25, -0.2) is 0 Å². The number of hydrogen-bond donors (Lipinski definition) is 2. The van der Waals surface area contributed by atoms with Crippen LogP contribution in [0.25, 0.3) is 0 Å². The number of carbonyl (C=O) groups is 1. The zero-order valence-corrected chi connectivity index (χ0v) is 10.5. The van der Waals surface area contributed by atoms with Crippen molar-refractivity contribution in [2.45, 2.75) is 38.7 Å². The molecule has 0 saturated carbocycles. The van der Waals surface area contributed by atoms with Crippen LogP contribution in [0.15, 0.2) is 5.16 Å². The topological polar surface area (TPSA) is 88.1 Å². The summed E-state index contributed by atoms with van der Waals surface area (Å²) in [5, 5.41) is 11.4. The molecule has 1 fully saturated rings. The molecule has 98 valence electrons. The van der Waals surface area contributed by atoms with Crippen LogP contribution in [-0.4, -0.2) is 47.1 Å². The molecule has 1 atom stereocenters. The molecule has 1 unspecified atom stereocenters. The molecule has 6 nitrogen and oxygen atoms in total. The predicted molar refractivity (Wildman–Crippen MR) is 63.9 cm³/mol. The number of carbonyl (C=O) groups excluding carboxylic acids is 1. The second-order valence-electron chi connectivity index (χ2n) is 4.41. The molecule has 3 N–H and O–H groups in total. The van der Waals surface area contributed by atoms with Gasteiger partial charge in [-0.2, -0.15) is 0 Å². The van der Waals surface area contributed by atoms with Gasteiger partial charge in [0.05, 0.1) is 0 Å². The van der Waals surface area contributed by atoms with Crippen molar-refractivity contribution in [1.29, 1.82) is 0 Å². The second-order valence-corrected chi connectivity index (χ2v) is 4.41. The molecule has 1 rings (SSSR count). The van der Waals surface area contributed by atoms with Crippen LogP contribution in [-0.2, 0) is 9.53 Å². The van der Waals surface area contributed by atoms with Crippen molar-refractivity contribution in [3.05, 3.63) is 0 Å². The van der Waals surface area contributed by atoms with E-state index >= 15 is 0 Å². The highest BCUT2D eigenvalue weighted by Crippen LogP contribution is 2.27. The first-order valence-electron chi connectivity index (χ1n) is 5.93. The van der Waals surface area contributed by atoms with Crippen LogP contribution in [0.1, 0.15) is 33.1 Å². The van der Waals surface area contributed by atoms with E-state index in [2.05, 4.69) is 5.16 Å². The van der Waals surface area contributed by atoms with Gasteiger partial charge in [0, 0.05) is 26.1 Å². The highest BCUT2D eigenvalue weighted by atomic mass is 16.5. The number of nitrogens with two attached hydrogens (primary N) is 1. The van der Waals surface area contributed by atoms with Gasteiger partial charge in [-0.1, -0.05) is 5.16 Å². The lowest BCUT2D eigenvalue weighted by atomic mass is 10.0. The lowest BCUT2D eigenvalue weighted by Crippen LogP contribution is -2.47. The van der Waals surface area contributed by atoms with Crippen molar-refractivity contribution in [3.8, 4) is 0 Å². The van der Waals surface area contributed by atoms with Gasteiger partial charge in [-0.3, -0.25) is 4.79 Å². The molecule has 0 spiro atoms. The zero-order valence-electron chi connectivity index (χ0n) is 10.5. The van der Waals surface area contributed by atoms with E-state index in [1.54, 1.807) is 4.90 Å². The van der Waals surface area contributed by atoms with Crippen LogP contribution in [0.4, 0.5) is 0 Å². The van der Waals surface area contributed by atoms with E-state index in [9.17, 15) is 4.79 Å². The Morgan fingerprint density at radius 2 is 2.35 bits per heavy atom. The average Bonchev–Trinajstić information content (AvgIpc) is 2.77. The summed E-state index contributed by atoms with van der Waals surface area (Å²) in [5.41, 5.74) is 4.70. The molecule has 1 amide bonds. The number of hydrogen-bond acceptors (Lipinski definition) is 4. The first-order valence-corrected chi connectivity index (χ1v) is 5.93. The molecule has 1 saturated heterocycles. The minimum atomic E-state index is -0.693. The van der Waals surface area contributed by atoms with Gasteiger partial charge in [-0.05, 0) is 26.7 Å². The standard InChI is InChI=1S/C11H21N3O3/c1-3-14(7-5-9(12)13-16)10(15)11(2)6-4-8-17-11/h16H,3-8H2,1-2H3,(H2,12,13). The van der Waals surface area contributed by atoms with Crippen molar-refractivity contribution >= 4 is 11.7 Å². The summed E-state index contributed by atoms with van der Waals surface area (Å²) in [4.78, 5) is 13.9. The Kier molecular flexibility index (Phi) is 4.74. The molecule has 0 aromatic heterocycles. The molecule has 6 heteroatoms. The van der Waals surface area contributed by atoms with E-state index < -0.39 is 5.60 Å². The molecule has 1 aliphatic heterocycles. The maximum Gasteiger partial charge on any atom is 0.254 e. The Balaban J connectivity index is 2.57. The summed E-state index contributed by atoms with van der Waals surface area (Å²) in [6.07, 6.45) is 2.04. The Hall–Kier alpha value is -1.30. The fourth-order valence-electron chi connectivity index (χ4n) is 1.99. The van der Waals surface area contributed by atoms with Crippen molar-refractivity contribution < 1.29 is 14.7 Å².